The van der Waals surface area contributed by atoms with E-state index in [0.717, 1.165) is 11.1 Å². The van der Waals surface area contributed by atoms with Crippen molar-refractivity contribution < 1.29 is 29.9 Å². The smallest absolute Gasteiger partial charge is 0.297 e. The first kappa shape index (κ1) is 22.9. The van der Waals surface area contributed by atoms with Gasteiger partial charge in [-0.1, -0.05) is 35.4 Å². The molecule has 1 fully saturated rings. The summed E-state index contributed by atoms with van der Waals surface area (Å²) in [5.74, 6) is 0. The van der Waals surface area contributed by atoms with Gasteiger partial charge in [0.05, 0.1) is 28.1 Å². The van der Waals surface area contributed by atoms with Gasteiger partial charge in [-0.15, -0.1) is 0 Å². The Hall–Kier alpha value is -1.78. The maximum atomic E-state index is 12.6. The van der Waals surface area contributed by atoms with E-state index in [9.17, 15) is 16.8 Å². The van der Waals surface area contributed by atoms with Crippen molar-refractivity contribution in [3.8, 4) is 0 Å². The van der Waals surface area contributed by atoms with E-state index >= 15 is 0 Å². The van der Waals surface area contributed by atoms with Gasteiger partial charge in [-0.25, -0.2) is 0 Å². The third kappa shape index (κ3) is 5.67. The van der Waals surface area contributed by atoms with E-state index in [2.05, 4.69) is 0 Å². The zero-order valence-electron chi connectivity index (χ0n) is 17.1. The number of rotatable bonds is 7. The van der Waals surface area contributed by atoms with Gasteiger partial charge in [-0.2, -0.15) is 16.8 Å². The number of aryl methyl sites for hydroxylation is 2. The molecule has 9 heteroatoms. The SMILES string of the molecule is COC1CC(OS(=O)(=O)c2ccc(C)cc2)CC(OS(=O)(=O)c2ccc(C)cc2)C1. The van der Waals surface area contributed by atoms with Crippen LogP contribution >= 0.6 is 0 Å². The lowest BCUT2D eigenvalue weighted by atomic mass is 9.93. The van der Waals surface area contributed by atoms with Crippen LogP contribution in [0.3, 0.4) is 0 Å². The molecular weight excluding hydrogens is 428 g/mol. The normalized spacial score (nSPS) is 22.7. The fourth-order valence-corrected chi connectivity index (χ4v) is 5.59. The summed E-state index contributed by atoms with van der Waals surface area (Å²) in [5, 5.41) is 0. The molecule has 1 saturated carbocycles. The van der Waals surface area contributed by atoms with E-state index in [1.165, 1.54) is 31.4 Å². The van der Waals surface area contributed by atoms with Gasteiger partial charge in [0.15, 0.2) is 0 Å². The maximum Gasteiger partial charge on any atom is 0.297 e. The number of benzene rings is 2. The van der Waals surface area contributed by atoms with Crippen LogP contribution in [0.25, 0.3) is 0 Å². The zero-order chi connectivity index (χ0) is 21.9. The number of hydrogen-bond donors (Lipinski definition) is 0. The van der Waals surface area contributed by atoms with Gasteiger partial charge in [-0.05, 0) is 38.1 Å². The molecule has 1 aliphatic carbocycles. The second kappa shape index (κ2) is 9.15. The summed E-state index contributed by atoms with van der Waals surface area (Å²) in [5.41, 5.74) is 1.86. The minimum Gasteiger partial charge on any atom is -0.381 e. The lowest BCUT2D eigenvalue weighted by Crippen LogP contribution is -2.38. The minimum absolute atomic E-state index is 0.0531. The standard InChI is InChI=1S/C21H26O7S2/c1-15-4-8-20(9-5-15)29(22,23)27-18-12-17(26-3)13-19(14-18)28-30(24,25)21-10-6-16(2)7-11-21/h4-11,17-19H,12-14H2,1-3H3. The summed E-state index contributed by atoms with van der Waals surface area (Å²) in [6.07, 6.45) is -1.12. The highest BCUT2D eigenvalue weighted by molar-refractivity contribution is 7.87. The molecule has 0 heterocycles. The van der Waals surface area contributed by atoms with Crippen LogP contribution in [0.1, 0.15) is 30.4 Å². The maximum absolute atomic E-state index is 12.6. The molecule has 0 aromatic heterocycles. The third-order valence-electron chi connectivity index (χ3n) is 5.06. The van der Waals surface area contributed by atoms with Crippen LogP contribution in [-0.4, -0.2) is 42.3 Å². The Morgan fingerprint density at radius 3 is 1.30 bits per heavy atom. The lowest BCUT2D eigenvalue weighted by Gasteiger charge is -2.33. The van der Waals surface area contributed by atoms with Crippen molar-refractivity contribution in [3.63, 3.8) is 0 Å². The molecule has 3 rings (SSSR count). The molecule has 0 N–H and O–H groups in total. The van der Waals surface area contributed by atoms with E-state index < -0.39 is 32.4 Å². The summed E-state index contributed by atoms with van der Waals surface area (Å²) in [6, 6.07) is 12.7. The topological polar surface area (TPSA) is 96.0 Å². The highest BCUT2D eigenvalue weighted by atomic mass is 32.2. The summed E-state index contributed by atoms with van der Waals surface area (Å²) in [7, 11) is -6.49. The summed E-state index contributed by atoms with van der Waals surface area (Å²) >= 11 is 0. The predicted molar refractivity (Wildman–Crippen MR) is 111 cm³/mol. The first-order valence-electron chi connectivity index (χ1n) is 9.62. The second-order valence-corrected chi connectivity index (χ2v) is 10.7. The Kier molecular flexibility index (Phi) is 6.98. The lowest BCUT2D eigenvalue weighted by molar-refractivity contribution is -0.0226. The molecule has 2 atom stereocenters. The summed E-state index contributed by atoms with van der Waals surface area (Å²) in [4.78, 5) is 0.106. The molecule has 0 spiro atoms. The Labute approximate surface area is 178 Å². The van der Waals surface area contributed by atoms with Gasteiger partial charge in [-0.3, -0.25) is 8.37 Å². The molecule has 2 aromatic rings. The fourth-order valence-electron chi connectivity index (χ4n) is 3.40. The van der Waals surface area contributed by atoms with Crippen LogP contribution in [-0.2, 0) is 33.3 Å². The minimum atomic E-state index is -3.99. The van der Waals surface area contributed by atoms with Gasteiger partial charge in [0.2, 0.25) is 0 Å². The van der Waals surface area contributed by atoms with Crippen molar-refractivity contribution >= 4 is 20.2 Å². The summed E-state index contributed by atoms with van der Waals surface area (Å²) in [6.45, 7) is 3.72. The molecule has 2 aromatic carbocycles. The molecule has 0 saturated heterocycles. The van der Waals surface area contributed by atoms with Gasteiger partial charge >= 0.3 is 0 Å². The quantitative estimate of drug-likeness (QED) is 0.592. The molecule has 30 heavy (non-hydrogen) atoms. The van der Waals surface area contributed by atoms with Crippen molar-refractivity contribution in [1.29, 1.82) is 0 Å². The van der Waals surface area contributed by atoms with E-state index in [4.69, 9.17) is 13.1 Å². The van der Waals surface area contributed by atoms with Crippen LogP contribution in [0.4, 0.5) is 0 Å². The highest BCUT2D eigenvalue weighted by Crippen LogP contribution is 2.30. The molecule has 7 nitrogen and oxygen atoms in total. The fraction of sp³-hybridized carbons (Fsp3) is 0.429. The van der Waals surface area contributed by atoms with E-state index in [0.29, 0.717) is 12.8 Å². The Bertz CT molecular complexity index is 974. The van der Waals surface area contributed by atoms with Gasteiger partial charge in [0, 0.05) is 26.4 Å². The molecule has 1 aliphatic rings. The second-order valence-electron chi connectivity index (χ2n) is 7.54. The molecule has 0 aliphatic heterocycles. The Balaban J connectivity index is 1.74. The van der Waals surface area contributed by atoms with Crippen molar-refractivity contribution in [2.24, 2.45) is 0 Å². The van der Waals surface area contributed by atoms with Crippen molar-refractivity contribution in [2.45, 2.75) is 61.2 Å². The third-order valence-corrected chi connectivity index (χ3v) is 7.81. The Morgan fingerprint density at radius 2 is 0.967 bits per heavy atom. The van der Waals surface area contributed by atoms with E-state index in [-0.39, 0.29) is 22.3 Å². The summed E-state index contributed by atoms with van der Waals surface area (Å²) < 4.78 is 66.7. The molecular formula is C21H26O7S2. The molecule has 0 bridgehead atoms. The zero-order valence-corrected chi connectivity index (χ0v) is 18.8. The van der Waals surface area contributed by atoms with Gasteiger partial charge < -0.3 is 4.74 Å². The van der Waals surface area contributed by atoms with Gasteiger partial charge in [0.25, 0.3) is 20.2 Å². The van der Waals surface area contributed by atoms with Crippen molar-refractivity contribution in [2.75, 3.05) is 7.11 Å². The average molecular weight is 455 g/mol. The van der Waals surface area contributed by atoms with Crippen LogP contribution < -0.4 is 0 Å². The van der Waals surface area contributed by atoms with E-state index in [1.54, 1.807) is 24.3 Å². The monoisotopic (exact) mass is 454 g/mol. The van der Waals surface area contributed by atoms with E-state index in [1.807, 2.05) is 13.8 Å². The van der Waals surface area contributed by atoms with Crippen molar-refractivity contribution in [3.05, 3.63) is 59.7 Å². The van der Waals surface area contributed by atoms with Crippen LogP contribution in [0.5, 0.6) is 0 Å². The molecule has 0 radical (unpaired) electrons. The number of ether oxygens (including phenoxy) is 1. The van der Waals surface area contributed by atoms with Crippen LogP contribution in [0.2, 0.25) is 0 Å². The van der Waals surface area contributed by atoms with Crippen molar-refractivity contribution in [1.82, 2.24) is 0 Å². The number of hydrogen-bond acceptors (Lipinski definition) is 7. The highest BCUT2D eigenvalue weighted by Gasteiger charge is 2.36. The van der Waals surface area contributed by atoms with Gasteiger partial charge in [0.1, 0.15) is 0 Å². The van der Waals surface area contributed by atoms with Crippen LogP contribution in [0.15, 0.2) is 58.3 Å². The number of methoxy groups -OCH3 is 1. The molecule has 164 valence electrons. The molecule has 0 amide bonds. The Morgan fingerprint density at radius 1 is 0.633 bits per heavy atom. The predicted octanol–water partition coefficient (Wildman–Crippen LogP) is 3.35. The first-order valence-corrected chi connectivity index (χ1v) is 12.4. The molecule has 2 unspecified atom stereocenters. The average Bonchev–Trinajstić information content (AvgIpc) is 2.67. The van der Waals surface area contributed by atoms with Crippen LogP contribution in [0, 0.1) is 13.8 Å². The largest absolute Gasteiger partial charge is 0.381 e. The first-order chi connectivity index (χ1) is 14.1.